The molecule has 0 radical (unpaired) electrons. The Balaban J connectivity index is 1.62. The van der Waals surface area contributed by atoms with Gasteiger partial charge in [-0.2, -0.15) is 5.10 Å². The number of rotatable bonds is 3. The van der Waals surface area contributed by atoms with Crippen molar-refractivity contribution in [2.45, 2.75) is 18.7 Å². The average Bonchev–Trinajstić information content (AvgIpc) is 3.37. The molecule has 0 spiro atoms. The number of non-ortho nitro benzene ring substituents is 1. The number of hydrogen-bond acceptors (Lipinski definition) is 6. The zero-order valence-corrected chi connectivity index (χ0v) is 15.2. The highest BCUT2D eigenvalue weighted by atomic mass is 35.5. The molecule has 8 heteroatoms. The number of benzene rings is 2. The Kier molecular flexibility index (Phi) is 3.84. The normalized spacial score (nSPS) is 20.2. The van der Waals surface area contributed by atoms with Crippen LogP contribution in [-0.4, -0.2) is 15.6 Å². The number of furan rings is 1. The predicted molar refractivity (Wildman–Crippen MR) is 102 cm³/mol. The molecule has 1 aromatic heterocycles. The number of nitro benzene ring substituents is 1. The van der Waals surface area contributed by atoms with E-state index in [0.29, 0.717) is 28.5 Å². The van der Waals surface area contributed by atoms with Crippen molar-refractivity contribution in [3.63, 3.8) is 0 Å². The van der Waals surface area contributed by atoms with E-state index in [1.165, 1.54) is 12.1 Å². The van der Waals surface area contributed by atoms with Crippen LogP contribution in [0.5, 0.6) is 5.75 Å². The number of hydrazone groups is 1. The van der Waals surface area contributed by atoms with E-state index in [-0.39, 0.29) is 11.7 Å². The molecule has 0 amide bonds. The van der Waals surface area contributed by atoms with E-state index in [2.05, 4.69) is 0 Å². The second kappa shape index (κ2) is 6.38. The number of hydrogen-bond donors (Lipinski definition) is 0. The fourth-order valence-corrected chi connectivity index (χ4v) is 3.84. The zero-order valence-electron chi connectivity index (χ0n) is 14.5. The Morgan fingerprint density at radius 3 is 2.86 bits per heavy atom. The van der Waals surface area contributed by atoms with Gasteiger partial charge in [0.15, 0.2) is 0 Å². The molecule has 0 unspecified atom stereocenters. The molecule has 140 valence electrons. The van der Waals surface area contributed by atoms with Gasteiger partial charge >= 0.3 is 0 Å². The molecule has 2 aliphatic heterocycles. The van der Waals surface area contributed by atoms with E-state index in [1.807, 2.05) is 29.3 Å². The summed E-state index contributed by atoms with van der Waals surface area (Å²) < 4.78 is 11.7. The summed E-state index contributed by atoms with van der Waals surface area (Å²) in [5.41, 5.74) is 2.39. The Morgan fingerprint density at radius 2 is 2.07 bits per heavy atom. The number of nitro groups is 1. The summed E-state index contributed by atoms with van der Waals surface area (Å²) in [6.45, 7) is 0. The van der Waals surface area contributed by atoms with Gasteiger partial charge in [0.05, 0.1) is 17.2 Å². The maximum absolute atomic E-state index is 11.2. The van der Waals surface area contributed by atoms with Crippen molar-refractivity contribution < 1.29 is 14.1 Å². The summed E-state index contributed by atoms with van der Waals surface area (Å²) in [6.07, 6.45) is 1.63. The van der Waals surface area contributed by atoms with Crippen LogP contribution in [0.4, 0.5) is 5.69 Å². The number of fused-ring (bicyclic) bond motifs is 3. The highest BCUT2D eigenvalue weighted by Gasteiger charge is 2.41. The maximum atomic E-state index is 11.2. The topological polar surface area (TPSA) is 81.1 Å². The highest BCUT2D eigenvalue weighted by molar-refractivity contribution is 6.30. The first-order chi connectivity index (χ1) is 13.6. The SMILES string of the molecule is O=[N+]([O-])c1cccc([C@H]2Oc3ccc(Cl)cc3[C@@H]3CC(c4ccco4)=NN23)c1. The van der Waals surface area contributed by atoms with Gasteiger partial charge in [-0.15, -0.1) is 0 Å². The molecule has 2 aromatic carbocycles. The first-order valence-electron chi connectivity index (χ1n) is 8.70. The van der Waals surface area contributed by atoms with Crippen molar-refractivity contribution in [3.8, 4) is 5.75 Å². The second-order valence-corrected chi connectivity index (χ2v) is 7.06. The second-order valence-electron chi connectivity index (χ2n) is 6.63. The summed E-state index contributed by atoms with van der Waals surface area (Å²) in [5, 5.41) is 18.4. The molecule has 0 aliphatic carbocycles. The number of nitrogens with zero attached hydrogens (tertiary/aromatic N) is 3. The summed E-state index contributed by atoms with van der Waals surface area (Å²) in [4.78, 5) is 10.8. The van der Waals surface area contributed by atoms with E-state index in [4.69, 9.17) is 25.9 Å². The Morgan fingerprint density at radius 1 is 1.18 bits per heavy atom. The van der Waals surface area contributed by atoms with Crippen molar-refractivity contribution >= 4 is 23.0 Å². The van der Waals surface area contributed by atoms with Gasteiger partial charge in [-0.3, -0.25) is 10.1 Å². The molecule has 0 bridgehead atoms. The first kappa shape index (κ1) is 16.8. The van der Waals surface area contributed by atoms with Crippen LogP contribution in [-0.2, 0) is 0 Å². The lowest BCUT2D eigenvalue weighted by atomic mass is 9.97. The third-order valence-corrected chi connectivity index (χ3v) is 5.16. The van der Waals surface area contributed by atoms with E-state index < -0.39 is 11.2 Å². The molecule has 2 atom stereocenters. The van der Waals surface area contributed by atoms with Crippen LogP contribution < -0.4 is 4.74 Å². The van der Waals surface area contributed by atoms with E-state index in [1.54, 1.807) is 24.5 Å². The molecule has 0 saturated heterocycles. The minimum Gasteiger partial charge on any atom is -0.464 e. The fourth-order valence-electron chi connectivity index (χ4n) is 3.66. The van der Waals surface area contributed by atoms with Gasteiger partial charge in [0.1, 0.15) is 17.2 Å². The zero-order chi connectivity index (χ0) is 19.3. The van der Waals surface area contributed by atoms with Crippen LogP contribution in [0.1, 0.15) is 35.6 Å². The summed E-state index contributed by atoms with van der Waals surface area (Å²) in [7, 11) is 0. The van der Waals surface area contributed by atoms with Gasteiger partial charge in [-0.25, -0.2) is 5.01 Å². The first-order valence-corrected chi connectivity index (χ1v) is 9.08. The summed E-state index contributed by atoms with van der Waals surface area (Å²) in [5.74, 6) is 1.38. The Labute approximate surface area is 164 Å². The maximum Gasteiger partial charge on any atom is 0.269 e. The van der Waals surface area contributed by atoms with Crippen LogP contribution in [0.3, 0.4) is 0 Å². The lowest BCUT2D eigenvalue weighted by Crippen LogP contribution is -2.33. The van der Waals surface area contributed by atoms with Gasteiger partial charge in [0.25, 0.3) is 5.69 Å². The smallest absolute Gasteiger partial charge is 0.269 e. The average molecular weight is 396 g/mol. The van der Waals surface area contributed by atoms with Gasteiger partial charge in [0.2, 0.25) is 6.23 Å². The number of ether oxygens (including phenoxy) is 1. The molecule has 2 aliphatic rings. The van der Waals surface area contributed by atoms with Gasteiger partial charge < -0.3 is 9.15 Å². The molecule has 0 fully saturated rings. The fraction of sp³-hybridized carbons (Fsp3) is 0.150. The van der Waals surface area contributed by atoms with Gasteiger partial charge in [0, 0.05) is 34.7 Å². The van der Waals surface area contributed by atoms with Crippen molar-refractivity contribution in [3.05, 3.63) is 92.9 Å². The largest absolute Gasteiger partial charge is 0.464 e. The van der Waals surface area contributed by atoms with Crippen LogP contribution in [0.25, 0.3) is 0 Å². The molecule has 28 heavy (non-hydrogen) atoms. The molecular formula is C20H14ClN3O4. The van der Waals surface area contributed by atoms with Crippen LogP contribution >= 0.6 is 11.6 Å². The highest BCUT2D eigenvalue weighted by Crippen LogP contribution is 2.48. The van der Waals surface area contributed by atoms with Crippen LogP contribution in [0, 0.1) is 10.1 Å². The molecule has 3 aromatic rings. The van der Waals surface area contributed by atoms with Crippen molar-refractivity contribution in [2.24, 2.45) is 5.10 Å². The molecule has 3 heterocycles. The monoisotopic (exact) mass is 395 g/mol. The van der Waals surface area contributed by atoms with Crippen molar-refractivity contribution in [1.29, 1.82) is 0 Å². The lowest BCUT2D eigenvalue weighted by molar-refractivity contribution is -0.385. The minimum atomic E-state index is -0.592. The molecular weight excluding hydrogens is 382 g/mol. The van der Waals surface area contributed by atoms with E-state index in [9.17, 15) is 10.1 Å². The minimum absolute atomic E-state index is 0.00832. The Hall–Kier alpha value is -3.32. The standard InChI is InChI=1S/C20H14ClN3O4/c21-13-6-7-18-15(10-13)17-11-16(19-5-2-8-27-19)22-23(17)20(28-18)12-3-1-4-14(9-12)24(25)26/h1-10,17,20H,11H2/t17-,20+/m0/s1. The lowest BCUT2D eigenvalue weighted by Gasteiger charge is -2.38. The van der Waals surface area contributed by atoms with E-state index in [0.717, 1.165) is 11.3 Å². The van der Waals surface area contributed by atoms with Crippen molar-refractivity contribution in [2.75, 3.05) is 0 Å². The molecule has 0 saturated carbocycles. The Bertz CT molecular complexity index is 1100. The third kappa shape index (κ3) is 2.71. The summed E-state index contributed by atoms with van der Waals surface area (Å²) in [6, 6.07) is 15.5. The molecule has 5 rings (SSSR count). The molecule has 0 N–H and O–H groups in total. The predicted octanol–water partition coefficient (Wildman–Crippen LogP) is 5.08. The third-order valence-electron chi connectivity index (χ3n) is 4.92. The van der Waals surface area contributed by atoms with E-state index >= 15 is 0 Å². The van der Waals surface area contributed by atoms with Crippen LogP contribution in [0.2, 0.25) is 5.02 Å². The molecule has 7 nitrogen and oxygen atoms in total. The quantitative estimate of drug-likeness (QED) is 0.456. The van der Waals surface area contributed by atoms with Gasteiger partial charge in [-0.1, -0.05) is 23.7 Å². The summed E-state index contributed by atoms with van der Waals surface area (Å²) >= 11 is 6.21. The van der Waals surface area contributed by atoms with Crippen LogP contribution in [0.15, 0.2) is 70.4 Å². The van der Waals surface area contributed by atoms with Gasteiger partial charge in [-0.05, 0) is 30.3 Å². The van der Waals surface area contributed by atoms with Crippen molar-refractivity contribution in [1.82, 2.24) is 5.01 Å². The number of halogens is 1.